The summed E-state index contributed by atoms with van der Waals surface area (Å²) in [6.45, 7) is 4.68. The first kappa shape index (κ1) is 24.1. The summed E-state index contributed by atoms with van der Waals surface area (Å²) in [5.74, 6) is -6.27. The number of carboxylic acids is 1. The molecule has 0 unspecified atom stereocenters. The van der Waals surface area contributed by atoms with E-state index < -0.39 is 59.9 Å². The van der Waals surface area contributed by atoms with Gasteiger partial charge < -0.3 is 26.4 Å². The van der Waals surface area contributed by atoms with Crippen LogP contribution in [-0.2, 0) is 24.0 Å². The summed E-state index contributed by atoms with van der Waals surface area (Å²) in [6, 6.07) is -5.13. The Morgan fingerprint density at radius 2 is 0.963 bits per heavy atom. The molecule has 0 rings (SSSR count). The second kappa shape index (κ2) is 9.73. The predicted octanol–water partition coefficient (Wildman–Crippen LogP) is -1.35. The first-order valence-electron chi connectivity index (χ1n) is 7.68. The fraction of sp³-hybridized carbons (Fsp3) is 0.643. The van der Waals surface area contributed by atoms with Crippen molar-refractivity contribution in [3.05, 3.63) is 0 Å². The molecule has 0 heterocycles. The average molecular weight is 398 g/mol. The summed E-state index contributed by atoms with van der Waals surface area (Å²) in [5.41, 5.74) is 0. The highest BCUT2D eigenvalue weighted by Crippen LogP contribution is 2.14. The molecule has 13 heteroatoms. The maximum absolute atomic E-state index is 12.1. The molecule has 4 atom stereocenters. The molecule has 4 amide bonds. The van der Waals surface area contributed by atoms with Gasteiger partial charge in [-0.3, -0.25) is 24.0 Å². The fourth-order valence-corrected chi connectivity index (χ4v) is 1.55. The summed E-state index contributed by atoms with van der Waals surface area (Å²) >= 11 is 0. The highest BCUT2D eigenvalue weighted by molar-refractivity contribution is 5.94. The first-order chi connectivity index (χ1) is 12.2. The number of carboxylic acid groups (broad SMARTS) is 1. The molecule has 0 fully saturated rings. The SMILES string of the molecule is C[C@H](NC(=O)[C@H](C)NC(=O)[C@H](C)NC(=O)[C@H](C)NC(=O)C(F)(F)F)C(=O)O. The Hall–Kier alpha value is -2.86. The third-order valence-corrected chi connectivity index (χ3v) is 3.23. The Balaban J connectivity index is 4.60. The monoisotopic (exact) mass is 398 g/mol. The van der Waals surface area contributed by atoms with Gasteiger partial charge in [0.15, 0.2) is 0 Å². The van der Waals surface area contributed by atoms with Crippen molar-refractivity contribution >= 4 is 29.6 Å². The van der Waals surface area contributed by atoms with E-state index in [2.05, 4.69) is 16.0 Å². The Bertz CT molecular complexity index is 610. The molecule has 0 aromatic carbocycles. The minimum Gasteiger partial charge on any atom is -0.480 e. The van der Waals surface area contributed by atoms with Gasteiger partial charge >= 0.3 is 18.1 Å². The van der Waals surface area contributed by atoms with Crippen LogP contribution in [0.1, 0.15) is 27.7 Å². The molecule has 10 nitrogen and oxygen atoms in total. The Labute approximate surface area is 152 Å². The van der Waals surface area contributed by atoms with Crippen LogP contribution < -0.4 is 21.3 Å². The van der Waals surface area contributed by atoms with Crippen LogP contribution in [0.4, 0.5) is 13.2 Å². The zero-order valence-corrected chi connectivity index (χ0v) is 14.9. The summed E-state index contributed by atoms with van der Waals surface area (Å²) in [7, 11) is 0. The van der Waals surface area contributed by atoms with Gasteiger partial charge in [0.2, 0.25) is 17.7 Å². The molecule has 0 bridgehead atoms. The van der Waals surface area contributed by atoms with Crippen LogP contribution in [-0.4, -0.2) is 65.0 Å². The third-order valence-electron chi connectivity index (χ3n) is 3.23. The minimum absolute atomic E-state index is 0.789. The van der Waals surface area contributed by atoms with E-state index in [-0.39, 0.29) is 0 Å². The first-order valence-corrected chi connectivity index (χ1v) is 7.68. The number of aliphatic carboxylic acids is 1. The number of nitrogens with one attached hydrogen (secondary N) is 4. The number of amides is 4. The normalized spacial score (nSPS) is 15.5. The average Bonchev–Trinajstić information content (AvgIpc) is 2.52. The quantitative estimate of drug-likeness (QED) is 0.341. The Kier molecular flexibility index (Phi) is 8.70. The van der Waals surface area contributed by atoms with Crippen molar-refractivity contribution in [2.75, 3.05) is 0 Å². The van der Waals surface area contributed by atoms with Gasteiger partial charge in [-0.1, -0.05) is 0 Å². The molecule has 0 saturated carbocycles. The lowest BCUT2D eigenvalue weighted by molar-refractivity contribution is -0.174. The molecule has 5 N–H and O–H groups in total. The number of carbonyl (C=O) groups is 5. The topological polar surface area (TPSA) is 154 Å². The van der Waals surface area contributed by atoms with E-state index in [0.29, 0.717) is 0 Å². The van der Waals surface area contributed by atoms with Gasteiger partial charge in [0.05, 0.1) is 0 Å². The van der Waals surface area contributed by atoms with Crippen molar-refractivity contribution in [2.24, 2.45) is 0 Å². The standard InChI is InChI=1S/C14H21F3N4O6/c1-5(19-11(24)7(3)21-13(27)14(15,16)17)9(22)18-6(2)10(23)20-8(4)12(25)26/h5-8H,1-4H3,(H,18,22)(H,19,24)(H,20,23)(H,21,27)(H,25,26)/t5-,6-,7-,8-/m0/s1. The summed E-state index contributed by atoms with van der Waals surface area (Å²) < 4.78 is 36.4. The number of alkyl halides is 3. The lowest BCUT2D eigenvalue weighted by Crippen LogP contribution is -2.56. The summed E-state index contributed by atoms with van der Waals surface area (Å²) in [5, 5.41) is 16.5. The lowest BCUT2D eigenvalue weighted by Gasteiger charge is -2.21. The predicted molar refractivity (Wildman–Crippen MR) is 84.1 cm³/mol. The number of halogens is 3. The second-order valence-corrected chi connectivity index (χ2v) is 5.72. The Morgan fingerprint density at radius 3 is 1.26 bits per heavy atom. The lowest BCUT2D eigenvalue weighted by atomic mass is 10.2. The molecule has 0 spiro atoms. The maximum Gasteiger partial charge on any atom is 0.471 e. The third kappa shape index (κ3) is 8.37. The van der Waals surface area contributed by atoms with Crippen LogP contribution >= 0.6 is 0 Å². The largest absolute Gasteiger partial charge is 0.480 e. The molecule has 0 aliphatic carbocycles. The Morgan fingerprint density at radius 1 is 0.667 bits per heavy atom. The minimum atomic E-state index is -5.16. The summed E-state index contributed by atoms with van der Waals surface area (Å²) in [6.07, 6.45) is -5.16. The molecule has 27 heavy (non-hydrogen) atoms. The smallest absolute Gasteiger partial charge is 0.471 e. The van der Waals surface area contributed by atoms with E-state index in [0.717, 1.165) is 6.92 Å². The van der Waals surface area contributed by atoms with Crippen molar-refractivity contribution in [1.82, 2.24) is 21.3 Å². The van der Waals surface area contributed by atoms with Crippen molar-refractivity contribution < 1.29 is 42.3 Å². The zero-order chi connectivity index (χ0) is 21.5. The molecule has 154 valence electrons. The van der Waals surface area contributed by atoms with Gasteiger partial charge in [-0.2, -0.15) is 13.2 Å². The molecule has 0 aromatic rings. The van der Waals surface area contributed by atoms with E-state index in [4.69, 9.17) is 5.11 Å². The van der Waals surface area contributed by atoms with Crippen LogP contribution in [0.3, 0.4) is 0 Å². The highest BCUT2D eigenvalue weighted by Gasteiger charge is 2.40. The van der Waals surface area contributed by atoms with Gasteiger partial charge in [-0.15, -0.1) is 0 Å². The number of hydrogen-bond donors (Lipinski definition) is 5. The van der Waals surface area contributed by atoms with Crippen LogP contribution in [0, 0.1) is 0 Å². The molecular weight excluding hydrogens is 377 g/mol. The molecule has 0 aromatic heterocycles. The zero-order valence-electron chi connectivity index (χ0n) is 14.9. The molecule has 0 radical (unpaired) electrons. The summed E-state index contributed by atoms with van der Waals surface area (Å²) in [4.78, 5) is 56.8. The van der Waals surface area contributed by atoms with Gasteiger partial charge in [0, 0.05) is 0 Å². The number of carbonyl (C=O) groups excluding carboxylic acids is 4. The van der Waals surface area contributed by atoms with Crippen molar-refractivity contribution in [3.8, 4) is 0 Å². The van der Waals surface area contributed by atoms with E-state index in [1.165, 1.54) is 26.1 Å². The van der Waals surface area contributed by atoms with Crippen LogP contribution in [0.5, 0.6) is 0 Å². The van der Waals surface area contributed by atoms with Gasteiger partial charge in [0.1, 0.15) is 24.2 Å². The maximum atomic E-state index is 12.1. The van der Waals surface area contributed by atoms with E-state index in [1.807, 2.05) is 0 Å². The number of hydrogen-bond acceptors (Lipinski definition) is 5. The highest BCUT2D eigenvalue weighted by atomic mass is 19.4. The van der Waals surface area contributed by atoms with E-state index >= 15 is 0 Å². The second-order valence-electron chi connectivity index (χ2n) is 5.72. The fourth-order valence-electron chi connectivity index (χ4n) is 1.55. The van der Waals surface area contributed by atoms with Crippen molar-refractivity contribution in [1.29, 1.82) is 0 Å². The van der Waals surface area contributed by atoms with Crippen LogP contribution in [0.25, 0.3) is 0 Å². The van der Waals surface area contributed by atoms with E-state index in [1.54, 1.807) is 0 Å². The molecule has 0 saturated heterocycles. The molecular formula is C14H21F3N4O6. The molecule has 0 aliphatic heterocycles. The van der Waals surface area contributed by atoms with Gasteiger partial charge in [-0.05, 0) is 27.7 Å². The number of rotatable bonds is 8. The van der Waals surface area contributed by atoms with Crippen LogP contribution in [0.2, 0.25) is 0 Å². The van der Waals surface area contributed by atoms with Crippen molar-refractivity contribution in [2.45, 2.75) is 58.0 Å². The van der Waals surface area contributed by atoms with Crippen molar-refractivity contribution in [3.63, 3.8) is 0 Å². The molecule has 0 aliphatic rings. The van der Waals surface area contributed by atoms with E-state index in [9.17, 15) is 37.1 Å². The van der Waals surface area contributed by atoms with Gasteiger partial charge in [0.25, 0.3) is 0 Å². The van der Waals surface area contributed by atoms with Crippen LogP contribution in [0.15, 0.2) is 0 Å². The van der Waals surface area contributed by atoms with Gasteiger partial charge in [-0.25, -0.2) is 0 Å².